The first-order valence-corrected chi connectivity index (χ1v) is 8.79. The number of carbonyl (C=O) groups excluding carboxylic acids is 2. The first-order valence-electron chi connectivity index (χ1n) is 8.41. The van der Waals surface area contributed by atoms with Crippen LogP contribution in [0.5, 0.6) is 5.75 Å². The van der Waals surface area contributed by atoms with E-state index in [-0.39, 0.29) is 18.4 Å². The van der Waals surface area contributed by atoms with E-state index < -0.39 is 6.04 Å². The number of hydrogen-bond acceptors (Lipinski definition) is 3. The zero-order valence-corrected chi connectivity index (χ0v) is 16.0. The van der Waals surface area contributed by atoms with Crippen molar-refractivity contribution in [1.29, 1.82) is 0 Å². The molecule has 0 aliphatic carbocycles. The maximum atomic E-state index is 12.9. The van der Waals surface area contributed by atoms with Crippen molar-refractivity contribution in [3.63, 3.8) is 0 Å². The Bertz CT molecular complexity index is 872. The topological polar surface area (TPSA) is 58.6 Å². The smallest absolute Gasteiger partial charge is 0.265 e. The molecule has 2 aromatic carbocycles. The van der Waals surface area contributed by atoms with E-state index in [1.54, 1.807) is 25.1 Å². The fourth-order valence-electron chi connectivity index (χ4n) is 3.29. The Kier molecular flexibility index (Phi) is 4.92. The van der Waals surface area contributed by atoms with Crippen molar-refractivity contribution in [2.75, 3.05) is 16.8 Å². The minimum atomic E-state index is -0.705. The summed E-state index contributed by atoms with van der Waals surface area (Å²) in [6, 6.07) is 8.36. The van der Waals surface area contributed by atoms with Gasteiger partial charge in [0, 0.05) is 10.7 Å². The predicted molar refractivity (Wildman–Crippen MR) is 103 cm³/mol. The van der Waals surface area contributed by atoms with Gasteiger partial charge in [-0.05, 0) is 57.0 Å². The van der Waals surface area contributed by atoms with Crippen molar-refractivity contribution in [3.8, 4) is 5.75 Å². The number of nitrogens with one attached hydrogen (secondary N) is 1. The minimum absolute atomic E-state index is 0.102. The van der Waals surface area contributed by atoms with Crippen LogP contribution in [0.25, 0.3) is 0 Å². The third-order valence-corrected chi connectivity index (χ3v) is 4.73. The van der Waals surface area contributed by atoms with Crippen molar-refractivity contribution in [1.82, 2.24) is 0 Å². The van der Waals surface area contributed by atoms with Crippen LogP contribution < -0.4 is 15.0 Å². The zero-order valence-electron chi connectivity index (χ0n) is 15.2. The molecule has 0 bridgehead atoms. The average molecular weight is 373 g/mol. The summed E-state index contributed by atoms with van der Waals surface area (Å²) >= 11 is 6.07. The van der Waals surface area contributed by atoms with Gasteiger partial charge in [-0.1, -0.05) is 29.3 Å². The number of fused-ring (bicyclic) bond motifs is 1. The normalized spacial score (nSPS) is 14.5. The van der Waals surface area contributed by atoms with Crippen LogP contribution in [0, 0.1) is 20.8 Å². The lowest BCUT2D eigenvalue weighted by Crippen LogP contribution is -2.49. The minimum Gasteiger partial charge on any atom is -0.482 e. The lowest BCUT2D eigenvalue weighted by atomic mass is 10.0. The molecule has 0 radical (unpaired) electrons. The highest BCUT2D eigenvalue weighted by Gasteiger charge is 2.33. The standard InChI is InChI=1S/C20H21ClN2O3/c1-11-7-12(2)19(13(3)8-11)22-20(25)14(4)23-16-9-15(21)5-6-17(16)26-10-18(23)24/h5-9,14H,10H2,1-4H3,(H,22,25). The van der Waals surface area contributed by atoms with Gasteiger partial charge in [0.05, 0.1) is 5.69 Å². The summed E-state index contributed by atoms with van der Waals surface area (Å²) in [7, 11) is 0. The number of ether oxygens (including phenoxy) is 1. The molecule has 6 heteroatoms. The van der Waals surface area contributed by atoms with Crippen LogP contribution in [0.1, 0.15) is 23.6 Å². The second-order valence-electron chi connectivity index (χ2n) is 6.60. The molecular weight excluding hydrogens is 352 g/mol. The molecule has 1 atom stereocenters. The number of halogens is 1. The van der Waals surface area contributed by atoms with Gasteiger partial charge in [-0.15, -0.1) is 0 Å². The number of benzene rings is 2. The van der Waals surface area contributed by atoms with Gasteiger partial charge >= 0.3 is 0 Å². The fraction of sp³-hybridized carbons (Fsp3) is 0.300. The highest BCUT2D eigenvalue weighted by molar-refractivity contribution is 6.31. The van der Waals surface area contributed by atoms with E-state index in [2.05, 4.69) is 5.32 Å². The SMILES string of the molecule is Cc1cc(C)c(NC(=O)C(C)N2C(=O)COc3ccc(Cl)cc32)c(C)c1. The largest absolute Gasteiger partial charge is 0.482 e. The number of aryl methyl sites for hydroxylation is 3. The van der Waals surface area contributed by atoms with Crippen LogP contribution in [-0.2, 0) is 9.59 Å². The van der Waals surface area contributed by atoms with E-state index >= 15 is 0 Å². The van der Waals surface area contributed by atoms with E-state index in [4.69, 9.17) is 16.3 Å². The summed E-state index contributed by atoms with van der Waals surface area (Å²) in [6.07, 6.45) is 0. The van der Waals surface area contributed by atoms with Crippen molar-refractivity contribution in [3.05, 3.63) is 52.0 Å². The molecule has 0 saturated heterocycles. The lowest BCUT2D eigenvalue weighted by molar-refractivity contribution is -0.125. The lowest BCUT2D eigenvalue weighted by Gasteiger charge is -2.33. The van der Waals surface area contributed by atoms with E-state index in [0.29, 0.717) is 16.5 Å². The maximum Gasteiger partial charge on any atom is 0.265 e. The number of nitrogens with zero attached hydrogens (tertiary/aromatic N) is 1. The highest BCUT2D eigenvalue weighted by Crippen LogP contribution is 2.36. The molecule has 1 heterocycles. The summed E-state index contributed by atoms with van der Waals surface area (Å²) in [6.45, 7) is 7.52. The molecule has 2 amide bonds. The number of rotatable bonds is 3. The second-order valence-corrected chi connectivity index (χ2v) is 7.04. The van der Waals surface area contributed by atoms with Crippen LogP contribution in [0.2, 0.25) is 5.02 Å². The third-order valence-electron chi connectivity index (χ3n) is 4.49. The Morgan fingerprint density at radius 1 is 1.19 bits per heavy atom. The first-order chi connectivity index (χ1) is 12.3. The van der Waals surface area contributed by atoms with Crippen LogP contribution in [-0.4, -0.2) is 24.5 Å². The van der Waals surface area contributed by atoms with Crippen molar-refractivity contribution in [2.45, 2.75) is 33.7 Å². The molecule has 1 unspecified atom stereocenters. The average Bonchev–Trinajstić information content (AvgIpc) is 2.57. The van der Waals surface area contributed by atoms with Crippen LogP contribution in [0.3, 0.4) is 0 Å². The number of carbonyl (C=O) groups is 2. The molecule has 0 fully saturated rings. The molecule has 26 heavy (non-hydrogen) atoms. The summed E-state index contributed by atoms with van der Waals surface area (Å²) in [5, 5.41) is 3.44. The Labute approximate surface area is 157 Å². The predicted octanol–water partition coefficient (Wildman–Crippen LogP) is 4.02. The molecule has 0 aromatic heterocycles. The van der Waals surface area contributed by atoms with Gasteiger partial charge in [0.15, 0.2) is 6.61 Å². The molecule has 2 aromatic rings. The van der Waals surface area contributed by atoms with Crippen molar-refractivity contribution < 1.29 is 14.3 Å². The van der Waals surface area contributed by atoms with Crippen molar-refractivity contribution >= 4 is 34.8 Å². The van der Waals surface area contributed by atoms with Gasteiger partial charge in [-0.25, -0.2) is 0 Å². The summed E-state index contributed by atoms with van der Waals surface area (Å²) < 4.78 is 5.44. The van der Waals surface area contributed by atoms with Gasteiger partial charge in [-0.3, -0.25) is 14.5 Å². The monoisotopic (exact) mass is 372 g/mol. The molecule has 5 nitrogen and oxygen atoms in total. The summed E-state index contributed by atoms with van der Waals surface area (Å²) in [5.41, 5.74) is 4.39. The van der Waals surface area contributed by atoms with Gasteiger partial charge in [0.1, 0.15) is 11.8 Å². The van der Waals surface area contributed by atoms with Crippen LogP contribution >= 0.6 is 11.6 Å². The Morgan fingerprint density at radius 2 is 1.85 bits per heavy atom. The van der Waals surface area contributed by atoms with E-state index in [1.165, 1.54) is 4.90 Å². The van der Waals surface area contributed by atoms with Crippen LogP contribution in [0.15, 0.2) is 30.3 Å². The first kappa shape index (κ1) is 18.3. The third kappa shape index (κ3) is 3.40. The van der Waals surface area contributed by atoms with Gasteiger partial charge < -0.3 is 10.1 Å². The Balaban J connectivity index is 1.90. The zero-order chi connectivity index (χ0) is 19.0. The van der Waals surface area contributed by atoms with Gasteiger partial charge in [-0.2, -0.15) is 0 Å². The van der Waals surface area contributed by atoms with E-state index in [0.717, 1.165) is 22.4 Å². The molecule has 0 spiro atoms. The molecule has 136 valence electrons. The van der Waals surface area contributed by atoms with Crippen molar-refractivity contribution in [2.24, 2.45) is 0 Å². The fourth-order valence-corrected chi connectivity index (χ4v) is 3.46. The second kappa shape index (κ2) is 7.00. The molecule has 0 saturated carbocycles. The van der Waals surface area contributed by atoms with Crippen LogP contribution in [0.4, 0.5) is 11.4 Å². The highest BCUT2D eigenvalue weighted by atomic mass is 35.5. The molecular formula is C20H21ClN2O3. The summed E-state index contributed by atoms with van der Waals surface area (Å²) in [4.78, 5) is 26.7. The Hall–Kier alpha value is -2.53. The molecule has 3 rings (SSSR count). The van der Waals surface area contributed by atoms with E-state index in [9.17, 15) is 9.59 Å². The molecule has 1 N–H and O–H groups in total. The number of hydrogen-bond donors (Lipinski definition) is 1. The number of anilines is 2. The molecule has 1 aliphatic heterocycles. The van der Waals surface area contributed by atoms with Gasteiger partial charge in [0.2, 0.25) is 5.91 Å². The summed E-state index contributed by atoms with van der Waals surface area (Å²) in [5.74, 6) is -0.00246. The Morgan fingerprint density at radius 3 is 2.50 bits per heavy atom. The van der Waals surface area contributed by atoms with Gasteiger partial charge in [0.25, 0.3) is 5.91 Å². The maximum absolute atomic E-state index is 12.9. The van der Waals surface area contributed by atoms with E-state index in [1.807, 2.05) is 32.9 Å². The molecule has 1 aliphatic rings. The number of amides is 2. The quantitative estimate of drug-likeness (QED) is 0.885.